The molecule has 1 aliphatic carbocycles. The summed E-state index contributed by atoms with van der Waals surface area (Å²) < 4.78 is 0. The monoisotopic (exact) mass is 165 g/mol. The van der Waals surface area contributed by atoms with Gasteiger partial charge in [0.15, 0.2) is 0 Å². The summed E-state index contributed by atoms with van der Waals surface area (Å²) in [4.78, 5) is 7.43. The Morgan fingerprint density at radius 3 is 2.58 bits per heavy atom. The van der Waals surface area contributed by atoms with E-state index in [2.05, 4.69) is 9.97 Å². The smallest absolute Gasteiger partial charge is 0.145 e. The maximum absolute atomic E-state index is 5.78. The van der Waals surface area contributed by atoms with Gasteiger partial charge in [-0.15, -0.1) is 0 Å². The van der Waals surface area contributed by atoms with Crippen molar-refractivity contribution in [3.63, 3.8) is 0 Å². The minimum atomic E-state index is 0.645. The molecule has 1 aromatic heterocycles. The van der Waals surface area contributed by atoms with Crippen molar-refractivity contribution in [2.45, 2.75) is 38.5 Å². The summed E-state index contributed by atoms with van der Waals surface area (Å²) in [7, 11) is 0. The fraction of sp³-hybridized carbons (Fsp3) is 0.667. The van der Waals surface area contributed by atoms with Gasteiger partial charge >= 0.3 is 0 Å². The molecule has 1 saturated carbocycles. The van der Waals surface area contributed by atoms with Crippen LogP contribution in [0.5, 0.6) is 0 Å². The number of nitrogens with one attached hydrogen (secondary N) is 1. The molecule has 1 aromatic rings. The third-order valence-electron chi connectivity index (χ3n) is 2.64. The molecule has 12 heavy (non-hydrogen) atoms. The Hall–Kier alpha value is -0.990. The van der Waals surface area contributed by atoms with Gasteiger partial charge in [0, 0.05) is 5.92 Å². The van der Waals surface area contributed by atoms with Crippen LogP contribution in [0.3, 0.4) is 0 Å². The third-order valence-corrected chi connectivity index (χ3v) is 2.64. The quantitative estimate of drug-likeness (QED) is 0.668. The summed E-state index contributed by atoms with van der Waals surface area (Å²) in [5, 5.41) is 0. The molecule has 3 N–H and O–H groups in total. The molecule has 2 rings (SSSR count). The fourth-order valence-electron chi connectivity index (χ4n) is 2.05. The van der Waals surface area contributed by atoms with Gasteiger partial charge in [-0.05, 0) is 19.8 Å². The summed E-state index contributed by atoms with van der Waals surface area (Å²) in [6.07, 6.45) is 5.21. The number of nitrogens with zero attached hydrogens (tertiary/aromatic N) is 1. The Kier molecular flexibility index (Phi) is 1.79. The molecular formula is C9H15N3. The van der Waals surface area contributed by atoms with Crippen LogP contribution in [0.15, 0.2) is 0 Å². The van der Waals surface area contributed by atoms with Crippen LogP contribution < -0.4 is 5.73 Å². The molecule has 0 saturated heterocycles. The Morgan fingerprint density at radius 1 is 1.42 bits per heavy atom. The van der Waals surface area contributed by atoms with Gasteiger partial charge in [0.05, 0.1) is 5.69 Å². The van der Waals surface area contributed by atoms with Gasteiger partial charge < -0.3 is 10.7 Å². The van der Waals surface area contributed by atoms with Gasteiger partial charge in [0.1, 0.15) is 11.6 Å². The zero-order valence-corrected chi connectivity index (χ0v) is 7.43. The molecule has 0 unspecified atom stereocenters. The van der Waals surface area contributed by atoms with E-state index in [-0.39, 0.29) is 0 Å². The lowest BCUT2D eigenvalue weighted by Gasteiger charge is -2.05. The number of imidazole rings is 1. The van der Waals surface area contributed by atoms with Crippen molar-refractivity contribution < 1.29 is 0 Å². The Labute approximate surface area is 72.4 Å². The summed E-state index contributed by atoms with van der Waals surface area (Å²) in [5.74, 6) is 2.29. The van der Waals surface area contributed by atoms with E-state index in [1.165, 1.54) is 31.4 Å². The topological polar surface area (TPSA) is 54.7 Å². The van der Waals surface area contributed by atoms with Crippen LogP contribution in [0.4, 0.5) is 5.82 Å². The minimum Gasteiger partial charge on any atom is -0.382 e. The number of nitrogens with two attached hydrogens (primary N) is 1. The number of hydrogen-bond acceptors (Lipinski definition) is 2. The van der Waals surface area contributed by atoms with Crippen LogP contribution in [0.25, 0.3) is 0 Å². The molecule has 0 radical (unpaired) electrons. The predicted molar refractivity (Wildman–Crippen MR) is 48.9 cm³/mol. The maximum atomic E-state index is 5.78. The van der Waals surface area contributed by atoms with Crippen molar-refractivity contribution in [1.29, 1.82) is 0 Å². The van der Waals surface area contributed by atoms with E-state index in [0.29, 0.717) is 11.7 Å². The molecule has 0 bridgehead atoms. The van der Waals surface area contributed by atoms with Crippen LogP contribution in [0.1, 0.15) is 43.1 Å². The highest BCUT2D eigenvalue weighted by Gasteiger charge is 2.21. The molecule has 1 heterocycles. The van der Waals surface area contributed by atoms with Crippen molar-refractivity contribution in [3.05, 3.63) is 11.5 Å². The van der Waals surface area contributed by atoms with Crippen LogP contribution in [0, 0.1) is 6.92 Å². The van der Waals surface area contributed by atoms with Crippen molar-refractivity contribution >= 4 is 5.82 Å². The number of H-pyrrole nitrogens is 1. The molecule has 66 valence electrons. The summed E-state index contributed by atoms with van der Waals surface area (Å²) in [6.45, 7) is 1.95. The highest BCUT2D eigenvalue weighted by molar-refractivity contribution is 5.38. The van der Waals surface area contributed by atoms with Crippen LogP contribution in [0.2, 0.25) is 0 Å². The molecule has 1 fully saturated rings. The molecule has 3 heteroatoms. The molecule has 0 aromatic carbocycles. The molecule has 0 aliphatic heterocycles. The standard InChI is InChI=1S/C9H15N3/c1-6-11-8(9(10)12-6)7-4-2-3-5-7/h7H,2-5,10H2,1H3,(H,11,12). The van der Waals surface area contributed by atoms with Crippen molar-refractivity contribution in [2.75, 3.05) is 5.73 Å². The van der Waals surface area contributed by atoms with Crippen molar-refractivity contribution in [2.24, 2.45) is 0 Å². The van der Waals surface area contributed by atoms with E-state index < -0.39 is 0 Å². The van der Waals surface area contributed by atoms with E-state index >= 15 is 0 Å². The fourth-order valence-corrected chi connectivity index (χ4v) is 2.05. The summed E-state index contributed by atoms with van der Waals surface area (Å²) >= 11 is 0. The van der Waals surface area contributed by atoms with E-state index in [1.54, 1.807) is 0 Å². The van der Waals surface area contributed by atoms with Crippen LogP contribution in [-0.4, -0.2) is 9.97 Å². The van der Waals surface area contributed by atoms with Gasteiger partial charge in [-0.2, -0.15) is 0 Å². The van der Waals surface area contributed by atoms with Gasteiger partial charge in [-0.25, -0.2) is 4.98 Å². The largest absolute Gasteiger partial charge is 0.382 e. The molecule has 0 atom stereocenters. The van der Waals surface area contributed by atoms with E-state index in [0.717, 1.165) is 5.82 Å². The molecule has 0 spiro atoms. The van der Waals surface area contributed by atoms with E-state index in [4.69, 9.17) is 5.73 Å². The number of aryl methyl sites for hydroxylation is 1. The average molecular weight is 165 g/mol. The van der Waals surface area contributed by atoms with Crippen LogP contribution in [-0.2, 0) is 0 Å². The second-order valence-electron chi connectivity index (χ2n) is 3.60. The second kappa shape index (κ2) is 2.81. The zero-order chi connectivity index (χ0) is 8.55. The Bertz CT molecular complexity index is 271. The number of aromatic amines is 1. The first-order chi connectivity index (χ1) is 5.77. The molecule has 3 nitrogen and oxygen atoms in total. The number of rotatable bonds is 1. The lowest BCUT2D eigenvalue weighted by molar-refractivity contribution is 0.703. The maximum Gasteiger partial charge on any atom is 0.145 e. The summed E-state index contributed by atoms with van der Waals surface area (Å²) in [5.41, 5.74) is 6.95. The highest BCUT2D eigenvalue weighted by atomic mass is 15.0. The first-order valence-corrected chi connectivity index (χ1v) is 4.59. The molecule has 0 amide bonds. The highest BCUT2D eigenvalue weighted by Crippen LogP contribution is 2.35. The third kappa shape index (κ3) is 1.19. The SMILES string of the molecule is Cc1nc(N)c(C2CCCC2)[nH]1. The van der Waals surface area contributed by atoms with Crippen molar-refractivity contribution in [3.8, 4) is 0 Å². The lowest BCUT2D eigenvalue weighted by atomic mass is 10.0. The predicted octanol–water partition coefficient (Wildman–Crippen LogP) is 1.96. The normalized spacial score (nSPS) is 18.8. The van der Waals surface area contributed by atoms with Gasteiger partial charge in [-0.1, -0.05) is 12.8 Å². The van der Waals surface area contributed by atoms with Gasteiger partial charge in [0.2, 0.25) is 0 Å². The lowest BCUT2D eigenvalue weighted by Crippen LogP contribution is -1.97. The second-order valence-corrected chi connectivity index (χ2v) is 3.60. The van der Waals surface area contributed by atoms with Gasteiger partial charge in [0.25, 0.3) is 0 Å². The first-order valence-electron chi connectivity index (χ1n) is 4.59. The van der Waals surface area contributed by atoms with E-state index in [1.807, 2.05) is 6.92 Å². The first kappa shape index (κ1) is 7.65. The molecule has 1 aliphatic rings. The number of nitrogen functional groups attached to an aromatic ring is 1. The van der Waals surface area contributed by atoms with Gasteiger partial charge in [-0.3, -0.25) is 0 Å². The number of hydrogen-bond donors (Lipinski definition) is 2. The number of aromatic nitrogens is 2. The zero-order valence-electron chi connectivity index (χ0n) is 7.43. The average Bonchev–Trinajstić information content (AvgIpc) is 2.58. The van der Waals surface area contributed by atoms with E-state index in [9.17, 15) is 0 Å². The minimum absolute atomic E-state index is 0.645. The van der Waals surface area contributed by atoms with Crippen molar-refractivity contribution in [1.82, 2.24) is 9.97 Å². The summed E-state index contributed by atoms with van der Waals surface area (Å²) in [6, 6.07) is 0. The Morgan fingerprint density at radius 2 is 2.08 bits per heavy atom. The van der Waals surface area contributed by atoms with Crippen LogP contribution >= 0.6 is 0 Å². The Balaban J connectivity index is 2.25. The molecular weight excluding hydrogens is 150 g/mol. The number of anilines is 1.